The van der Waals surface area contributed by atoms with Crippen LogP contribution in [0.25, 0.3) is 6.08 Å². The van der Waals surface area contributed by atoms with Crippen LogP contribution in [0.1, 0.15) is 10.4 Å². The molecule has 1 amide bonds. The molecule has 0 saturated carbocycles. The van der Waals surface area contributed by atoms with Gasteiger partial charge in [0.15, 0.2) is 5.11 Å². The van der Waals surface area contributed by atoms with Gasteiger partial charge >= 0.3 is 0 Å². The molecule has 0 radical (unpaired) electrons. The van der Waals surface area contributed by atoms with Gasteiger partial charge in [-0.15, -0.1) is 11.3 Å². The van der Waals surface area contributed by atoms with Gasteiger partial charge in [0.1, 0.15) is 0 Å². The van der Waals surface area contributed by atoms with Crippen molar-refractivity contribution in [2.75, 3.05) is 5.32 Å². The summed E-state index contributed by atoms with van der Waals surface area (Å²) in [5, 5.41) is 16.3. The average molecular weight is 313 g/mol. The van der Waals surface area contributed by atoms with Gasteiger partial charge in [-0.2, -0.15) is 5.26 Å². The molecule has 6 heteroatoms. The van der Waals surface area contributed by atoms with Crippen LogP contribution in [0.15, 0.2) is 47.9 Å². The minimum atomic E-state index is -0.297. The molecule has 4 nitrogen and oxygen atoms in total. The van der Waals surface area contributed by atoms with E-state index >= 15 is 0 Å². The third-order valence-electron chi connectivity index (χ3n) is 2.45. The van der Waals surface area contributed by atoms with E-state index in [4.69, 9.17) is 17.5 Å². The smallest absolute Gasteiger partial charge is 0.250 e. The molecule has 0 unspecified atom stereocenters. The summed E-state index contributed by atoms with van der Waals surface area (Å²) in [4.78, 5) is 12.7. The number of nitriles is 1. The summed E-state index contributed by atoms with van der Waals surface area (Å²) in [5.74, 6) is -0.297. The van der Waals surface area contributed by atoms with Gasteiger partial charge in [-0.25, -0.2) is 0 Å². The predicted molar refractivity (Wildman–Crippen MR) is 88.9 cm³/mol. The number of carbonyl (C=O) groups excluding carboxylic acids is 1. The van der Waals surface area contributed by atoms with Gasteiger partial charge < -0.3 is 5.32 Å². The second kappa shape index (κ2) is 7.33. The molecular weight excluding hydrogens is 302 g/mol. The number of carbonyl (C=O) groups is 1. The van der Waals surface area contributed by atoms with E-state index < -0.39 is 0 Å². The molecule has 0 atom stereocenters. The number of thiocarbonyl (C=S) groups is 1. The van der Waals surface area contributed by atoms with Gasteiger partial charge in [-0.05, 0) is 54.0 Å². The monoisotopic (exact) mass is 313 g/mol. The van der Waals surface area contributed by atoms with Gasteiger partial charge in [-0.1, -0.05) is 6.07 Å². The largest absolute Gasteiger partial charge is 0.332 e. The lowest BCUT2D eigenvalue weighted by atomic mass is 10.2. The number of anilines is 1. The molecule has 0 spiro atoms. The highest BCUT2D eigenvalue weighted by Crippen LogP contribution is 2.10. The zero-order valence-corrected chi connectivity index (χ0v) is 12.5. The molecule has 0 aliphatic rings. The zero-order valence-electron chi connectivity index (χ0n) is 10.9. The first-order chi connectivity index (χ1) is 10.2. The first kappa shape index (κ1) is 14.9. The van der Waals surface area contributed by atoms with Gasteiger partial charge in [0.25, 0.3) is 0 Å². The first-order valence-corrected chi connectivity index (χ1v) is 7.30. The van der Waals surface area contributed by atoms with E-state index in [0.717, 1.165) is 4.88 Å². The van der Waals surface area contributed by atoms with Crippen molar-refractivity contribution < 1.29 is 4.79 Å². The van der Waals surface area contributed by atoms with Crippen LogP contribution < -0.4 is 10.6 Å². The number of amides is 1. The Bertz CT molecular complexity index is 698. The molecule has 0 fully saturated rings. The fraction of sp³-hybridized carbons (Fsp3) is 0. The van der Waals surface area contributed by atoms with Gasteiger partial charge in [0.05, 0.1) is 11.6 Å². The third-order valence-corrected chi connectivity index (χ3v) is 3.49. The van der Waals surface area contributed by atoms with Crippen LogP contribution in [0, 0.1) is 11.3 Å². The Hall–Kier alpha value is -2.49. The molecular formula is C15H11N3OS2. The quantitative estimate of drug-likeness (QED) is 0.675. The van der Waals surface area contributed by atoms with Gasteiger partial charge in [0, 0.05) is 16.6 Å². The lowest BCUT2D eigenvalue weighted by Crippen LogP contribution is -2.32. The molecule has 0 saturated heterocycles. The van der Waals surface area contributed by atoms with Crippen molar-refractivity contribution in [2.24, 2.45) is 0 Å². The molecule has 21 heavy (non-hydrogen) atoms. The van der Waals surface area contributed by atoms with Crippen LogP contribution in [0.5, 0.6) is 0 Å². The minimum absolute atomic E-state index is 0.209. The van der Waals surface area contributed by atoms with Crippen molar-refractivity contribution in [3.63, 3.8) is 0 Å². The SMILES string of the molecule is N#Cc1ccc(NC(=S)NC(=O)/C=C/c2cccs2)cc1. The number of hydrogen-bond donors (Lipinski definition) is 2. The van der Waals surface area contributed by atoms with E-state index in [9.17, 15) is 4.79 Å². The minimum Gasteiger partial charge on any atom is -0.332 e. The van der Waals surface area contributed by atoms with Crippen molar-refractivity contribution in [1.29, 1.82) is 5.26 Å². The molecule has 1 aromatic heterocycles. The van der Waals surface area contributed by atoms with Crippen molar-refractivity contribution in [2.45, 2.75) is 0 Å². The van der Waals surface area contributed by atoms with E-state index in [0.29, 0.717) is 11.3 Å². The summed E-state index contributed by atoms with van der Waals surface area (Å²) in [6.45, 7) is 0. The Kier molecular flexibility index (Phi) is 5.21. The topological polar surface area (TPSA) is 64.9 Å². The molecule has 2 N–H and O–H groups in total. The summed E-state index contributed by atoms with van der Waals surface area (Å²) in [6, 6.07) is 12.6. The summed E-state index contributed by atoms with van der Waals surface area (Å²) in [5.41, 5.74) is 1.27. The van der Waals surface area contributed by atoms with E-state index in [2.05, 4.69) is 10.6 Å². The molecule has 2 aromatic rings. The number of rotatable bonds is 3. The van der Waals surface area contributed by atoms with Crippen LogP contribution in [0.2, 0.25) is 0 Å². The van der Waals surface area contributed by atoms with Crippen LogP contribution in [0.3, 0.4) is 0 Å². The third kappa shape index (κ3) is 4.84. The molecule has 0 bridgehead atoms. The molecule has 1 aromatic carbocycles. The van der Waals surface area contributed by atoms with Gasteiger partial charge in [-0.3, -0.25) is 10.1 Å². The van der Waals surface area contributed by atoms with Crippen molar-refractivity contribution >= 4 is 46.3 Å². The molecule has 104 valence electrons. The second-order valence-corrected chi connectivity index (χ2v) is 5.37. The van der Waals surface area contributed by atoms with Crippen LogP contribution in [-0.2, 0) is 4.79 Å². The van der Waals surface area contributed by atoms with E-state index in [1.54, 1.807) is 41.7 Å². The summed E-state index contributed by atoms with van der Waals surface area (Å²) < 4.78 is 0. The Morgan fingerprint density at radius 1 is 1.29 bits per heavy atom. The maximum Gasteiger partial charge on any atom is 0.250 e. The highest BCUT2D eigenvalue weighted by molar-refractivity contribution is 7.80. The normalized spacial score (nSPS) is 10.0. The number of benzene rings is 1. The van der Waals surface area contributed by atoms with E-state index in [-0.39, 0.29) is 11.0 Å². The van der Waals surface area contributed by atoms with Crippen LogP contribution >= 0.6 is 23.6 Å². The Balaban J connectivity index is 1.86. The van der Waals surface area contributed by atoms with Crippen LogP contribution in [-0.4, -0.2) is 11.0 Å². The number of thiophene rings is 1. The Labute approximate surface area is 131 Å². The lowest BCUT2D eigenvalue weighted by molar-refractivity contribution is -0.115. The number of hydrogen-bond acceptors (Lipinski definition) is 4. The van der Waals surface area contributed by atoms with Crippen LogP contribution in [0.4, 0.5) is 5.69 Å². The number of nitrogens with zero attached hydrogens (tertiary/aromatic N) is 1. The lowest BCUT2D eigenvalue weighted by Gasteiger charge is -2.07. The highest BCUT2D eigenvalue weighted by Gasteiger charge is 2.01. The first-order valence-electron chi connectivity index (χ1n) is 6.01. The van der Waals surface area contributed by atoms with Gasteiger partial charge in [0.2, 0.25) is 5.91 Å². The maximum atomic E-state index is 11.7. The fourth-order valence-corrected chi connectivity index (χ4v) is 2.32. The molecule has 2 rings (SSSR count). The second-order valence-electron chi connectivity index (χ2n) is 3.98. The number of nitrogens with one attached hydrogen (secondary N) is 2. The fourth-order valence-electron chi connectivity index (χ4n) is 1.49. The zero-order chi connectivity index (χ0) is 15.1. The summed E-state index contributed by atoms with van der Waals surface area (Å²) >= 11 is 6.60. The molecule has 1 heterocycles. The highest BCUT2D eigenvalue weighted by atomic mass is 32.1. The summed E-state index contributed by atoms with van der Waals surface area (Å²) in [6.07, 6.45) is 3.16. The summed E-state index contributed by atoms with van der Waals surface area (Å²) in [7, 11) is 0. The molecule has 0 aliphatic heterocycles. The Morgan fingerprint density at radius 2 is 2.05 bits per heavy atom. The molecule has 0 aliphatic carbocycles. The van der Waals surface area contributed by atoms with E-state index in [1.807, 2.05) is 23.6 Å². The standard InChI is InChI=1S/C15H11N3OS2/c16-10-11-3-5-12(6-4-11)17-15(20)18-14(19)8-7-13-2-1-9-21-13/h1-9H,(H2,17,18,19,20)/b8-7+. The van der Waals surface area contributed by atoms with E-state index in [1.165, 1.54) is 6.08 Å². The maximum absolute atomic E-state index is 11.7. The van der Waals surface area contributed by atoms with Crippen molar-refractivity contribution in [3.05, 3.63) is 58.3 Å². The van der Waals surface area contributed by atoms with Crippen molar-refractivity contribution in [3.8, 4) is 6.07 Å². The Morgan fingerprint density at radius 3 is 2.67 bits per heavy atom. The average Bonchev–Trinajstić information content (AvgIpc) is 2.99. The van der Waals surface area contributed by atoms with Crippen molar-refractivity contribution in [1.82, 2.24) is 5.32 Å². The predicted octanol–water partition coefficient (Wildman–Crippen LogP) is 3.15.